The van der Waals surface area contributed by atoms with Crippen LogP contribution < -0.4 is 10.1 Å². The van der Waals surface area contributed by atoms with Crippen LogP contribution in [-0.4, -0.2) is 23.0 Å². The van der Waals surface area contributed by atoms with Gasteiger partial charge >= 0.3 is 5.97 Å². The molecule has 0 aliphatic heterocycles. The normalized spacial score (nSPS) is 11.6. The van der Waals surface area contributed by atoms with Gasteiger partial charge in [-0.2, -0.15) is 0 Å². The van der Waals surface area contributed by atoms with E-state index >= 15 is 0 Å². The van der Waals surface area contributed by atoms with Crippen molar-refractivity contribution in [2.45, 2.75) is 26.6 Å². The summed E-state index contributed by atoms with van der Waals surface area (Å²) < 4.78 is 11.0. The molecular formula is C21H19ClN2O4S. The Hall–Kier alpha value is -2.90. The second kappa shape index (κ2) is 9.54. The molecule has 0 aliphatic rings. The summed E-state index contributed by atoms with van der Waals surface area (Å²) in [4.78, 5) is 29.0. The lowest BCUT2D eigenvalue weighted by Crippen LogP contribution is -2.30. The van der Waals surface area contributed by atoms with E-state index in [1.165, 1.54) is 6.92 Å². The number of esters is 1. The number of thiazole rings is 1. The number of halogens is 1. The number of carbonyl (C=O) groups excluding carboxylic acids is 2. The lowest BCUT2D eigenvalue weighted by Gasteiger charge is -2.14. The summed E-state index contributed by atoms with van der Waals surface area (Å²) in [6.45, 7) is 3.72. The number of carbonyl (C=O) groups is 2. The average Bonchev–Trinajstić information content (AvgIpc) is 3.13. The van der Waals surface area contributed by atoms with Gasteiger partial charge in [0, 0.05) is 5.38 Å². The molecule has 1 unspecified atom stereocenters. The third-order valence-electron chi connectivity index (χ3n) is 3.91. The van der Waals surface area contributed by atoms with Crippen molar-refractivity contribution in [3.8, 4) is 5.75 Å². The molecular weight excluding hydrogens is 412 g/mol. The number of aromatic nitrogens is 1. The number of para-hydroxylation sites is 1. The minimum absolute atomic E-state index is 0.286. The van der Waals surface area contributed by atoms with Gasteiger partial charge in [-0.15, -0.1) is 11.3 Å². The minimum Gasteiger partial charge on any atom is -0.487 e. The topological polar surface area (TPSA) is 77.5 Å². The van der Waals surface area contributed by atoms with Crippen molar-refractivity contribution in [3.05, 3.63) is 75.2 Å². The zero-order valence-corrected chi connectivity index (χ0v) is 17.4. The summed E-state index contributed by atoms with van der Waals surface area (Å²) in [6, 6.07) is 13.4. The van der Waals surface area contributed by atoms with Crippen LogP contribution in [-0.2, 0) is 16.1 Å². The van der Waals surface area contributed by atoms with Crippen molar-refractivity contribution in [1.82, 2.24) is 4.98 Å². The second-order valence-electron chi connectivity index (χ2n) is 6.19. The van der Waals surface area contributed by atoms with Gasteiger partial charge in [0.25, 0.3) is 5.91 Å². The first-order chi connectivity index (χ1) is 13.9. The highest BCUT2D eigenvalue weighted by atomic mass is 35.5. The number of aryl methyl sites for hydroxylation is 1. The fraction of sp³-hybridized carbons (Fsp3) is 0.190. The molecule has 2 aromatic carbocycles. The molecule has 1 heterocycles. The van der Waals surface area contributed by atoms with Crippen LogP contribution in [0.2, 0.25) is 5.02 Å². The maximum atomic E-state index is 12.4. The molecule has 0 fully saturated rings. The van der Waals surface area contributed by atoms with Crippen LogP contribution in [0.15, 0.2) is 53.9 Å². The Morgan fingerprint density at radius 1 is 1.21 bits per heavy atom. The van der Waals surface area contributed by atoms with Gasteiger partial charge in [-0.25, -0.2) is 9.78 Å². The van der Waals surface area contributed by atoms with Gasteiger partial charge in [-0.05, 0) is 44.2 Å². The van der Waals surface area contributed by atoms with E-state index in [1.807, 2.05) is 12.3 Å². The van der Waals surface area contributed by atoms with Crippen LogP contribution in [0.25, 0.3) is 0 Å². The number of ether oxygens (including phenoxy) is 2. The van der Waals surface area contributed by atoms with E-state index in [1.54, 1.807) is 59.9 Å². The number of hydrogen-bond acceptors (Lipinski definition) is 6. The molecule has 1 amide bonds. The molecule has 0 saturated carbocycles. The zero-order chi connectivity index (χ0) is 20.8. The number of rotatable bonds is 7. The molecule has 0 spiro atoms. The quantitative estimate of drug-likeness (QED) is 0.541. The predicted octanol–water partition coefficient (Wildman–Crippen LogP) is 4.87. The van der Waals surface area contributed by atoms with Crippen molar-refractivity contribution < 1.29 is 19.1 Å². The first-order valence-corrected chi connectivity index (χ1v) is 10.1. The molecule has 3 aromatic rings. The number of nitrogens with one attached hydrogen (secondary N) is 1. The van der Waals surface area contributed by atoms with E-state index < -0.39 is 18.0 Å². The predicted molar refractivity (Wildman–Crippen MR) is 113 cm³/mol. The van der Waals surface area contributed by atoms with Crippen LogP contribution in [0.1, 0.15) is 28.0 Å². The molecule has 3 rings (SSSR count). The number of nitrogens with zero attached hydrogens (tertiary/aromatic N) is 1. The monoisotopic (exact) mass is 430 g/mol. The van der Waals surface area contributed by atoms with Crippen molar-refractivity contribution in [2.75, 3.05) is 5.32 Å². The highest BCUT2D eigenvalue weighted by Gasteiger charge is 2.20. The first-order valence-electron chi connectivity index (χ1n) is 8.82. The molecule has 150 valence electrons. The second-order valence-corrected chi connectivity index (χ2v) is 7.66. The SMILES string of the molecule is Cc1nc(COc2cccc(C(=O)OC(C)C(=O)Nc3ccccc3Cl)c2)cs1. The van der Waals surface area contributed by atoms with E-state index in [2.05, 4.69) is 10.3 Å². The van der Waals surface area contributed by atoms with Gasteiger partial charge < -0.3 is 14.8 Å². The van der Waals surface area contributed by atoms with E-state index in [4.69, 9.17) is 21.1 Å². The maximum Gasteiger partial charge on any atom is 0.339 e. The van der Waals surface area contributed by atoms with E-state index in [-0.39, 0.29) is 5.56 Å². The van der Waals surface area contributed by atoms with Crippen LogP contribution >= 0.6 is 22.9 Å². The molecule has 6 nitrogen and oxygen atoms in total. The number of anilines is 1. The Balaban J connectivity index is 1.58. The molecule has 0 bridgehead atoms. The highest BCUT2D eigenvalue weighted by molar-refractivity contribution is 7.09. The van der Waals surface area contributed by atoms with Crippen LogP contribution in [0.5, 0.6) is 5.75 Å². The first kappa shape index (κ1) is 20.8. The van der Waals surface area contributed by atoms with Crippen molar-refractivity contribution in [3.63, 3.8) is 0 Å². The van der Waals surface area contributed by atoms with Gasteiger partial charge in [0.2, 0.25) is 0 Å². The highest BCUT2D eigenvalue weighted by Crippen LogP contribution is 2.21. The lowest BCUT2D eigenvalue weighted by atomic mass is 10.2. The largest absolute Gasteiger partial charge is 0.487 e. The standard InChI is InChI=1S/C21H19ClN2O4S/c1-13(20(25)24-19-9-4-3-8-18(19)22)28-21(26)15-6-5-7-17(10-15)27-11-16-12-29-14(2)23-16/h3-10,12-13H,11H2,1-2H3,(H,24,25). The fourth-order valence-electron chi connectivity index (χ4n) is 2.42. The van der Waals surface area contributed by atoms with Gasteiger partial charge in [0.1, 0.15) is 12.4 Å². The lowest BCUT2D eigenvalue weighted by molar-refractivity contribution is -0.123. The van der Waals surface area contributed by atoms with Crippen LogP contribution in [0.3, 0.4) is 0 Å². The molecule has 0 saturated heterocycles. The van der Waals surface area contributed by atoms with Gasteiger partial charge in [0.15, 0.2) is 6.10 Å². The summed E-state index contributed by atoms with van der Waals surface area (Å²) in [7, 11) is 0. The summed E-state index contributed by atoms with van der Waals surface area (Å²) in [5.74, 6) is -0.585. The Bertz CT molecular complexity index is 1020. The third-order valence-corrected chi connectivity index (χ3v) is 5.06. The summed E-state index contributed by atoms with van der Waals surface area (Å²) in [5, 5.41) is 5.93. The Morgan fingerprint density at radius 2 is 2.00 bits per heavy atom. The summed E-state index contributed by atoms with van der Waals surface area (Å²) >= 11 is 7.57. The number of benzene rings is 2. The molecule has 1 aromatic heterocycles. The smallest absolute Gasteiger partial charge is 0.339 e. The van der Waals surface area contributed by atoms with Gasteiger partial charge in [-0.1, -0.05) is 29.8 Å². The summed E-state index contributed by atoms with van der Waals surface area (Å²) in [6.07, 6.45) is -0.999. The van der Waals surface area contributed by atoms with Crippen LogP contribution in [0.4, 0.5) is 5.69 Å². The summed E-state index contributed by atoms with van der Waals surface area (Å²) in [5.41, 5.74) is 1.56. The third kappa shape index (κ3) is 5.79. The van der Waals surface area contributed by atoms with Crippen molar-refractivity contribution in [2.24, 2.45) is 0 Å². The van der Waals surface area contributed by atoms with Crippen LogP contribution in [0, 0.1) is 6.92 Å². The Labute approximate surface area is 177 Å². The van der Waals surface area contributed by atoms with E-state index in [0.717, 1.165) is 10.7 Å². The number of amides is 1. The molecule has 0 aliphatic carbocycles. The maximum absolute atomic E-state index is 12.4. The molecule has 0 radical (unpaired) electrons. The van der Waals surface area contributed by atoms with Gasteiger partial charge in [-0.3, -0.25) is 4.79 Å². The molecule has 29 heavy (non-hydrogen) atoms. The van der Waals surface area contributed by atoms with Gasteiger partial charge in [0.05, 0.1) is 27.0 Å². The van der Waals surface area contributed by atoms with E-state index in [0.29, 0.717) is 23.1 Å². The molecule has 1 N–H and O–H groups in total. The molecule has 1 atom stereocenters. The fourth-order valence-corrected chi connectivity index (χ4v) is 3.20. The zero-order valence-electron chi connectivity index (χ0n) is 15.8. The number of hydrogen-bond donors (Lipinski definition) is 1. The minimum atomic E-state index is -0.999. The molecule has 8 heteroatoms. The van der Waals surface area contributed by atoms with Crippen molar-refractivity contribution in [1.29, 1.82) is 0 Å². The Kier molecular flexibility index (Phi) is 6.85. The van der Waals surface area contributed by atoms with E-state index in [9.17, 15) is 9.59 Å². The average molecular weight is 431 g/mol. The van der Waals surface area contributed by atoms with Crippen molar-refractivity contribution >= 4 is 40.5 Å². The Morgan fingerprint density at radius 3 is 2.72 bits per heavy atom.